The van der Waals surface area contributed by atoms with E-state index in [1.54, 1.807) is 13.8 Å². The van der Waals surface area contributed by atoms with E-state index in [0.717, 1.165) is 0 Å². The molecule has 3 atom stereocenters. The Hall–Kier alpha value is -0.270. The van der Waals surface area contributed by atoms with Gasteiger partial charge in [-0.15, -0.1) is 11.6 Å². The van der Waals surface area contributed by atoms with Gasteiger partial charge in [-0.25, -0.2) is 0 Å². The van der Waals surface area contributed by atoms with Crippen molar-refractivity contribution in [2.75, 3.05) is 5.88 Å². The smallest absolute Gasteiger partial charge is 0.255 e. The molecule has 20 heavy (non-hydrogen) atoms. The van der Waals surface area contributed by atoms with Crippen LogP contribution in [-0.2, 0) is 14.3 Å². The lowest BCUT2D eigenvalue weighted by molar-refractivity contribution is -0.0838. The van der Waals surface area contributed by atoms with Gasteiger partial charge in [-0.05, 0) is 18.8 Å². The lowest BCUT2D eigenvalue weighted by Gasteiger charge is -2.43. The maximum absolute atomic E-state index is 12.6. The minimum absolute atomic E-state index is 0.0422. The third kappa shape index (κ3) is 1.85. The van der Waals surface area contributed by atoms with Crippen molar-refractivity contribution in [3.8, 4) is 0 Å². The second-order valence-electron chi connectivity index (χ2n) is 5.93. The summed E-state index contributed by atoms with van der Waals surface area (Å²) < 4.78 is 65.4. The summed E-state index contributed by atoms with van der Waals surface area (Å²) in [6.45, 7) is 7.24. The minimum Gasteiger partial charge on any atom is -0.255 e. The molecule has 0 N–H and O–H groups in total. The second kappa shape index (κ2) is 4.36. The van der Waals surface area contributed by atoms with Crippen LogP contribution in [0.4, 0.5) is 13.2 Å². The van der Waals surface area contributed by atoms with Crippen LogP contribution in [0.3, 0.4) is 0 Å². The van der Waals surface area contributed by atoms with E-state index in [9.17, 15) is 21.6 Å². The van der Waals surface area contributed by atoms with Gasteiger partial charge in [0, 0.05) is 17.2 Å². The van der Waals surface area contributed by atoms with Crippen LogP contribution in [0.25, 0.3) is 0 Å². The minimum atomic E-state index is -5.66. The lowest BCUT2D eigenvalue weighted by Crippen LogP contribution is -2.50. The van der Waals surface area contributed by atoms with Gasteiger partial charge >= 0.3 is 15.6 Å². The van der Waals surface area contributed by atoms with Crippen LogP contribution >= 0.6 is 11.6 Å². The first-order chi connectivity index (χ1) is 8.91. The summed E-state index contributed by atoms with van der Waals surface area (Å²) in [6.07, 6.45) is 0.781. The topological polar surface area (TPSA) is 43.4 Å². The Morgan fingerprint density at radius 1 is 1.45 bits per heavy atom. The molecule has 0 heterocycles. The highest BCUT2D eigenvalue weighted by molar-refractivity contribution is 7.87. The van der Waals surface area contributed by atoms with Crippen molar-refractivity contribution in [1.29, 1.82) is 0 Å². The maximum Gasteiger partial charge on any atom is 0.523 e. The summed E-state index contributed by atoms with van der Waals surface area (Å²) in [5.41, 5.74) is -7.04. The molecule has 2 aliphatic carbocycles. The maximum atomic E-state index is 12.6. The van der Waals surface area contributed by atoms with Crippen molar-refractivity contribution in [3.63, 3.8) is 0 Å². The molecule has 0 amide bonds. The largest absolute Gasteiger partial charge is 0.523 e. The first-order valence-electron chi connectivity index (χ1n) is 6.18. The van der Waals surface area contributed by atoms with Gasteiger partial charge in [-0.1, -0.05) is 26.0 Å². The number of alkyl halides is 4. The van der Waals surface area contributed by atoms with Crippen molar-refractivity contribution in [1.82, 2.24) is 0 Å². The van der Waals surface area contributed by atoms with E-state index in [0.29, 0.717) is 12.0 Å². The van der Waals surface area contributed by atoms with E-state index >= 15 is 0 Å². The van der Waals surface area contributed by atoms with Gasteiger partial charge in [0.2, 0.25) is 0 Å². The summed E-state index contributed by atoms with van der Waals surface area (Å²) in [6, 6.07) is 0. The monoisotopic (exact) mass is 332 g/mol. The Balaban J connectivity index is 2.50. The first-order valence-corrected chi connectivity index (χ1v) is 8.12. The fourth-order valence-electron chi connectivity index (χ4n) is 3.69. The Bertz CT molecular complexity index is 541. The molecule has 2 fully saturated rings. The van der Waals surface area contributed by atoms with Gasteiger partial charge in [0.1, 0.15) is 5.60 Å². The molecule has 8 heteroatoms. The van der Waals surface area contributed by atoms with Crippen molar-refractivity contribution in [3.05, 3.63) is 12.2 Å². The number of hydrogen-bond acceptors (Lipinski definition) is 3. The normalized spacial score (nSPS) is 36.6. The third-order valence-electron chi connectivity index (χ3n) is 4.93. The van der Waals surface area contributed by atoms with Crippen LogP contribution in [0, 0.1) is 17.3 Å². The van der Waals surface area contributed by atoms with E-state index in [1.807, 2.05) is 0 Å². The third-order valence-corrected chi connectivity index (χ3v) is 6.34. The number of hydrogen-bond donors (Lipinski definition) is 0. The molecular formula is C12H16ClF3O3S. The van der Waals surface area contributed by atoms with Crippen LogP contribution in [0.5, 0.6) is 0 Å². The van der Waals surface area contributed by atoms with Crippen molar-refractivity contribution in [2.45, 2.75) is 37.8 Å². The van der Waals surface area contributed by atoms with E-state index < -0.39 is 32.6 Å². The van der Waals surface area contributed by atoms with Crippen LogP contribution in [0.1, 0.15) is 26.7 Å². The molecule has 116 valence electrons. The van der Waals surface area contributed by atoms with Crippen LogP contribution < -0.4 is 0 Å². The fourth-order valence-corrected chi connectivity index (χ4v) is 5.06. The van der Waals surface area contributed by atoms with E-state index in [2.05, 4.69) is 6.58 Å². The first kappa shape index (κ1) is 16.1. The molecule has 0 aromatic carbocycles. The Labute approximate surface area is 121 Å². The van der Waals surface area contributed by atoms with Crippen LogP contribution in [-0.4, -0.2) is 25.4 Å². The molecule has 0 aromatic heterocycles. The zero-order valence-corrected chi connectivity index (χ0v) is 12.7. The molecular weight excluding hydrogens is 317 g/mol. The number of fused-ring (bicyclic) bond motifs is 2. The zero-order chi connectivity index (χ0) is 15.6. The Morgan fingerprint density at radius 2 is 2.00 bits per heavy atom. The highest BCUT2D eigenvalue weighted by Gasteiger charge is 2.69. The number of rotatable bonds is 3. The number of halogens is 4. The molecule has 2 aliphatic rings. The molecule has 0 saturated heterocycles. The molecule has 2 bridgehead atoms. The van der Waals surface area contributed by atoms with Crippen molar-refractivity contribution < 1.29 is 25.8 Å². The molecule has 2 saturated carbocycles. The summed E-state index contributed by atoms with van der Waals surface area (Å²) >= 11 is 5.87. The van der Waals surface area contributed by atoms with Gasteiger partial charge in [0.25, 0.3) is 0 Å². The van der Waals surface area contributed by atoms with Crippen molar-refractivity contribution >= 4 is 21.7 Å². The molecule has 1 unspecified atom stereocenters. The summed E-state index contributed by atoms with van der Waals surface area (Å²) in [7, 11) is -5.66. The highest BCUT2D eigenvalue weighted by Crippen LogP contribution is 2.66. The SMILES string of the molecule is C=C1[C@@H]2CC[C@@](OS(=O)(=O)C(F)(F)F)(C2CCl)C1(C)C. The molecule has 0 radical (unpaired) electrons. The Kier molecular flexibility index (Phi) is 3.51. The van der Waals surface area contributed by atoms with Gasteiger partial charge in [0.05, 0.1) is 0 Å². The molecule has 0 aromatic rings. The van der Waals surface area contributed by atoms with Crippen LogP contribution in [0.2, 0.25) is 0 Å². The zero-order valence-electron chi connectivity index (χ0n) is 11.1. The predicted octanol–water partition coefficient (Wildman–Crippen LogP) is 3.45. The van der Waals surface area contributed by atoms with E-state index in [4.69, 9.17) is 15.8 Å². The summed E-state index contributed by atoms with van der Waals surface area (Å²) in [4.78, 5) is 0. The summed E-state index contributed by atoms with van der Waals surface area (Å²) in [5.74, 6) is -0.518. The van der Waals surface area contributed by atoms with Gasteiger partial charge in [0.15, 0.2) is 0 Å². The highest BCUT2D eigenvalue weighted by atomic mass is 35.5. The van der Waals surface area contributed by atoms with Gasteiger partial charge < -0.3 is 0 Å². The van der Waals surface area contributed by atoms with Crippen LogP contribution in [0.15, 0.2) is 12.2 Å². The molecule has 0 spiro atoms. The molecule has 0 aliphatic heterocycles. The fraction of sp³-hybridized carbons (Fsp3) is 0.833. The average molecular weight is 333 g/mol. The van der Waals surface area contributed by atoms with Gasteiger partial charge in [-0.2, -0.15) is 21.6 Å². The standard InChI is InChI=1S/C12H16ClF3O3S/c1-7-8-4-5-11(9(8)6-13,10(7,2)3)19-20(17,18)12(14,15)16/h8-9H,1,4-6H2,2-3H3/t8-,9?,11+/m0/s1. The molecule has 3 nitrogen and oxygen atoms in total. The molecule has 2 rings (SSSR count). The second-order valence-corrected chi connectivity index (χ2v) is 7.78. The predicted molar refractivity (Wildman–Crippen MR) is 68.6 cm³/mol. The lowest BCUT2D eigenvalue weighted by atomic mass is 9.70. The van der Waals surface area contributed by atoms with Crippen molar-refractivity contribution in [2.24, 2.45) is 17.3 Å². The Morgan fingerprint density at radius 3 is 2.45 bits per heavy atom. The van der Waals surface area contributed by atoms with E-state index in [-0.39, 0.29) is 18.2 Å². The quantitative estimate of drug-likeness (QED) is 0.344. The average Bonchev–Trinajstić information content (AvgIpc) is 2.70. The summed E-state index contributed by atoms with van der Waals surface area (Å²) in [5, 5.41) is 0. The van der Waals surface area contributed by atoms with Gasteiger partial charge in [-0.3, -0.25) is 4.18 Å². The van der Waals surface area contributed by atoms with E-state index in [1.165, 1.54) is 0 Å².